The number of rotatable bonds is 6. The summed E-state index contributed by atoms with van der Waals surface area (Å²) in [6.07, 6.45) is 2.02. The number of hydrazone groups is 1. The number of esters is 1. The number of methoxy groups -OCH3 is 1. The zero-order valence-corrected chi connectivity index (χ0v) is 14.8. The minimum atomic E-state index is -0.614. The van der Waals surface area contributed by atoms with Crippen LogP contribution in [0.1, 0.15) is 23.8 Å². The molecule has 1 aliphatic heterocycles. The Balaban J connectivity index is 1.79. The monoisotopic (exact) mass is 376 g/mol. The molecule has 2 heterocycles. The van der Waals surface area contributed by atoms with Crippen LogP contribution in [0.2, 0.25) is 5.02 Å². The molecule has 1 aromatic carbocycles. The van der Waals surface area contributed by atoms with Crippen molar-refractivity contribution in [3.63, 3.8) is 0 Å². The third kappa shape index (κ3) is 4.12. The molecular weight excluding hydrogens is 360 g/mol. The molecular formula is C18H17ClN2O5. The van der Waals surface area contributed by atoms with E-state index in [4.69, 9.17) is 20.8 Å². The van der Waals surface area contributed by atoms with Gasteiger partial charge in [0.2, 0.25) is 0 Å². The van der Waals surface area contributed by atoms with Gasteiger partial charge in [0.25, 0.3) is 5.91 Å². The van der Waals surface area contributed by atoms with E-state index in [1.807, 2.05) is 12.1 Å². The molecule has 0 radical (unpaired) electrons. The maximum Gasteiger partial charge on any atom is 0.332 e. The molecule has 1 atom stereocenters. The summed E-state index contributed by atoms with van der Waals surface area (Å²) >= 11 is 5.93. The van der Waals surface area contributed by atoms with Crippen molar-refractivity contribution < 1.29 is 23.5 Å². The Kier molecular flexibility index (Phi) is 5.70. The van der Waals surface area contributed by atoms with Crippen LogP contribution in [0.25, 0.3) is 0 Å². The van der Waals surface area contributed by atoms with E-state index in [1.165, 1.54) is 18.4 Å². The standard InChI is InChI=1S/C18H17ClN2O5/c1-24-11-18(23)26-10-17(22)21-15(16-3-2-8-25-16)9-14(20-21)12-4-6-13(19)7-5-12/h2-8,15H,9-11H2,1H3/t15-/m0/s1. The predicted octanol–water partition coefficient (Wildman–Crippen LogP) is 2.80. The van der Waals surface area contributed by atoms with E-state index in [0.717, 1.165) is 11.3 Å². The molecule has 0 saturated heterocycles. The van der Waals surface area contributed by atoms with Gasteiger partial charge in [0.15, 0.2) is 6.61 Å². The third-order valence-electron chi connectivity index (χ3n) is 3.83. The van der Waals surface area contributed by atoms with Gasteiger partial charge in [0.05, 0.1) is 12.0 Å². The zero-order valence-electron chi connectivity index (χ0n) is 14.1. The summed E-state index contributed by atoms with van der Waals surface area (Å²) in [5.74, 6) is -0.453. The van der Waals surface area contributed by atoms with Crippen molar-refractivity contribution in [3.8, 4) is 0 Å². The first-order chi connectivity index (χ1) is 12.6. The zero-order chi connectivity index (χ0) is 18.5. The highest BCUT2D eigenvalue weighted by molar-refractivity contribution is 6.30. The van der Waals surface area contributed by atoms with Gasteiger partial charge in [-0.3, -0.25) is 4.79 Å². The van der Waals surface area contributed by atoms with Crippen LogP contribution in [0, 0.1) is 0 Å². The Morgan fingerprint density at radius 2 is 2.04 bits per heavy atom. The second kappa shape index (κ2) is 8.16. The van der Waals surface area contributed by atoms with Gasteiger partial charge in [-0.15, -0.1) is 0 Å². The van der Waals surface area contributed by atoms with Gasteiger partial charge >= 0.3 is 5.97 Å². The van der Waals surface area contributed by atoms with Gasteiger partial charge in [0.1, 0.15) is 18.4 Å². The molecule has 0 unspecified atom stereocenters. The molecule has 26 heavy (non-hydrogen) atoms. The van der Waals surface area contributed by atoms with E-state index >= 15 is 0 Å². The second-order valence-electron chi connectivity index (χ2n) is 5.62. The van der Waals surface area contributed by atoms with Crippen LogP contribution < -0.4 is 0 Å². The minimum Gasteiger partial charge on any atom is -0.467 e. The van der Waals surface area contributed by atoms with E-state index in [1.54, 1.807) is 24.3 Å². The van der Waals surface area contributed by atoms with Crippen LogP contribution in [0.3, 0.4) is 0 Å². The lowest BCUT2D eigenvalue weighted by molar-refractivity contribution is -0.155. The fourth-order valence-electron chi connectivity index (χ4n) is 2.63. The van der Waals surface area contributed by atoms with Crippen LogP contribution in [0.15, 0.2) is 52.2 Å². The molecule has 7 nitrogen and oxygen atoms in total. The first kappa shape index (κ1) is 18.2. The number of benzene rings is 1. The van der Waals surface area contributed by atoms with E-state index < -0.39 is 24.5 Å². The van der Waals surface area contributed by atoms with E-state index in [9.17, 15) is 9.59 Å². The Bertz CT molecular complexity index is 801. The molecule has 8 heteroatoms. The lowest BCUT2D eigenvalue weighted by atomic mass is 10.0. The molecule has 136 valence electrons. The highest BCUT2D eigenvalue weighted by atomic mass is 35.5. The molecule has 0 bridgehead atoms. The van der Waals surface area contributed by atoms with Crippen molar-refractivity contribution in [2.45, 2.75) is 12.5 Å². The van der Waals surface area contributed by atoms with E-state index in [2.05, 4.69) is 9.84 Å². The number of ether oxygens (including phenoxy) is 2. The molecule has 0 N–H and O–H groups in total. The average Bonchev–Trinajstić information content (AvgIpc) is 3.30. The first-order valence-corrected chi connectivity index (χ1v) is 8.29. The average molecular weight is 377 g/mol. The summed E-state index contributed by atoms with van der Waals surface area (Å²) in [5, 5.41) is 6.34. The third-order valence-corrected chi connectivity index (χ3v) is 4.09. The van der Waals surface area contributed by atoms with Crippen LogP contribution in [-0.4, -0.2) is 42.9 Å². The molecule has 3 rings (SSSR count). The Morgan fingerprint density at radius 3 is 2.69 bits per heavy atom. The maximum atomic E-state index is 12.5. The van der Waals surface area contributed by atoms with Crippen LogP contribution >= 0.6 is 11.6 Å². The van der Waals surface area contributed by atoms with E-state index in [0.29, 0.717) is 17.2 Å². The van der Waals surface area contributed by atoms with Crippen LogP contribution in [-0.2, 0) is 19.1 Å². The summed E-state index contributed by atoms with van der Waals surface area (Å²) < 4.78 is 15.0. The van der Waals surface area contributed by atoms with Crippen LogP contribution in [0.5, 0.6) is 0 Å². The van der Waals surface area contributed by atoms with Gasteiger partial charge in [-0.05, 0) is 29.8 Å². The van der Waals surface area contributed by atoms with Crippen molar-refractivity contribution in [2.75, 3.05) is 20.3 Å². The number of halogens is 1. The van der Waals surface area contributed by atoms with Crippen molar-refractivity contribution in [2.24, 2.45) is 5.10 Å². The molecule has 1 amide bonds. The number of hydrogen-bond donors (Lipinski definition) is 0. The highest BCUT2D eigenvalue weighted by Crippen LogP contribution is 2.33. The SMILES string of the molecule is COCC(=O)OCC(=O)N1N=C(c2ccc(Cl)cc2)C[C@H]1c1ccco1. The van der Waals surface area contributed by atoms with Crippen molar-refractivity contribution >= 4 is 29.2 Å². The molecule has 0 saturated carbocycles. The molecule has 2 aromatic rings. The topological polar surface area (TPSA) is 81.3 Å². The van der Waals surface area contributed by atoms with Crippen LogP contribution in [0.4, 0.5) is 0 Å². The lowest BCUT2D eigenvalue weighted by Gasteiger charge is -2.19. The summed E-state index contributed by atoms with van der Waals surface area (Å²) in [6, 6.07) is 10.3. The summed E-state index contributed by atoms with van der Waals surface area (Å²) in [5.41, 5.74) is 1.58. The van der Waals surface area contributed by atoms with Crippen molar-refractivity contribution in [1.82, 2.24) is 5.01 Å². The maximum absolute atomic E-state index is 12.5. The van der Waals surface area contributed by atoms with Gasteiger partial charge in [-0.1, -0.05) is 23.7 Å². The number of furan rings is 1. The number of hydrogen-bond acceptors (Lipinski definition) is 6. The van der Waals surface area contributed by atoms with Gasteiger partial charge in [-0.25, -0.2) is 9.80 Å². The van der Waals surface area contributed by atoms with Crippen molar-refractivity contribution in [3.05, 3.63) is 59.0 Å². The molecule has 0 spiro atoms. The predicted molar refractivity (Wildman–Crippen MR) is 93.7 cm³/mol. The quantitative estimate of drug-likeness (QED) is 0.724. The summed E-state index contributed by atoms with van der Waals surface area (Å²) in [7, 11) is 1.37. The summed E-state index contributed by atoms with van der Waals surface area (Å²) in [4.78, 5) is 23.9. The number of nitrogens with zero attached hydrogens (tertiary/aromatic N) is 2. The molecule has 1 aromatic heterocycles. The summed E-state index contributed by atoms with van der Waals surface area (Å²) in [6.45, 7) is -0.634. The van der Waals surface area contributed by atoms with Gasteiger partial charge in [0, 0.05) is 18.6 Å². The first-order valence-electron chi connectivity index (χ1n) is 7.92. The minimum absolute atomic E-state index is 0.214. The van der Waals surface area contributed by atoms with Gasteiger partial charge in [-0.2, -0.15) is 5.10 Å². The smallest absolute Gasteiger partial charge is 0.332 e. The lowest BCUT2D eigenvalue weighted by Crippen LogP contribution is -2.31. The Morgan fingerprint density at radius 1 is 1.27 bits per heavy atom. The largest absolute Gasteiger partial charge is 0.467 e. The van der Waals surface area contributed by atoms with Crippen molar-refractivity contribution in [1.29, 1.82) is 0 Å². The second-order valence-corrected chi connectivity index (χ2v) is 6.06. The number of amides is 1. The molecule has 0 aliphatic carbocycles. The highest BCUT2D eigenvalue weighted by Gasteiger charge is 2.35. The fourth-order valence-corrected chi connectivity index (χ4v) is 2.75. The van der Waals surface area contributed by atoms with Gasteiger partial charge < -0.3 is 13.9 Å². The van der Waals surface area contributed by atoms with E-state index in [-0.39, 0.29) is 6.61 Å². The number of carbonyl (C=O) groups excluding carboxylic acids is 2. The number of carbonyl (C=O) groups is 2. The Hall–Kier alpha value is -2.64. The molecule has 1 aliphatic rings. The molecule has 0 fully saturated rings. The Labute approximate surface area is 155 Å². The normalized spacial score (nSPS) is 16.5. The fraction of sp³-hybridized carbons (Fsp3) is 0.278.